The van der Waals surface area contributed by atoms with Crippen molar-refractivity contribution in [3.63, 3.8) is 0 Å². The van der Waals surface area contributed by atoms with Crippen LogP contribution in [0.15, 0.2) is 47.3 Å². The molecule has 2 heterocycles. The average molecular weight is 212 g/mol. The fourth-order valence-corrected chi connectivity index (χ4v) is 1.91. The first kappa shape index (κ1) is 9.21. The average Bonchev–Trinajstić information content (AvgIpc) is 2.97. The molecule has 3 aromatic rings. The maximum absolute atomic E-state index is 5.37. The van der Waals surface area contributed by atoms with Gasteiger partial charge in [0.05, 0.1) is 23.6 Å². The summed E-state index contributed by atoms with van der Waals surface area (Å²) in [7, 11) is 0. The molecule has 3 nitrogen and oxygen atoms in total. The third kappa shape index (κ3) is 1.33. The zero-order chi connectivity index (χ0) is 11.0. The van der Waals surface area contributed by atoms with Gasteiger partial charge in [0.25, 0.3) is 0 Å². The monoisotopic (exact) mass is 212 g/mol. The van der Waals surface area contributed by atoms with Crippen LogP contribution in [0.1, 0.15) is 6.92 Å². The predicted molar refractivity (Wildman–Crippen MR) is 63.1 cm³/mol. The standard InChI is InChI=1S/C13H12N2O/c1-2-15-9-14-11-8-10(5-6-12(11)15)13-4-3-7-16-13/h3-9H,2H2,1H3. The van der Waals surface area contributed by atoms with E-state index in [0.29, 0.717) is 0 Å². The van der Waals surface area contributed by atoms with E-state index in [-0.39, 0.29) is 0 Å². The molecule has 0 bridgehead atoms. The Hall–Kier alpha value is -2.03. The maximum Gasteiger partial charge on any atom is 0.133 e. The van der Waals surface area contributed by atoms with E-state index in [4.69, 9.17) is 4.42 Å². The van der Waals surface area contributed by atoms with Crippen LogP contribution in [0.5, 0.6) is 0 Å². The van der Waals surface area contributed by atoms with Crippen molar-refractivity contribution >= 4 is 11.0 Å². The summed E-state index contributed by atoms with van der Waals surface area (Å²) in [6.07, 6.45) is 3.56. The van der Waals surface area contributed by atoms with Crippen LogP contribution in [-0.2, 0) is 6.54 Å². The molecule has 0 spiro atoms. The molecule has 80 valence electrons. The topological polar surface area (TPSA) is 31.0 Å². The zero-order valence-corrected chi connectivity index (χ0v) is 9.05. The first-order chi connectivity index (χ1) is 7.88. The SMILES string of the molecule is CCn1cnc2cc(-c3ccco3)ccc21. The molecule has 1 aromatic carbocycles. The molecule has 0 radical (unpaired) electrons. The Morgan fingerprint density at radius 2 is 2.25 bits per heavy atom. The van der Waals surface area contributed by atoms with Crippen LogP contribution in [0.3, 0.4) is 0 Å². The van der Waals surface area contributed by atoms with Gasteiger partial charge in [-0.05, 0) is 37.3 Å². The number of aromatic nitrogens is 2. The maximum atomic E-state index is 5.37. The van der Waals surface area contributed by atoms with Crippen molar-refractivity contribution in [1.82, 2.24) is 9.55 Å². The fourth-order valence-electron chi connectivity index (χ4n) is 1.91. The third-order valence-electron chi connectivity index (χ3n) is 2.77. The van der Waals surface area contributed by atoms with Crippen LogP contribution in [-0.4, -0.2) is 9.55 Å². The van der Waals surface area contributed by atoms with Crippen LogP contribution in [0, 0.1) is 0 Å². The second-order valence-electron chi connectivity index (χ2n) is 3.71. The van der Waals surface area contributed by atoms with Crippen molar-refractivity contribution in [2.24, 2.45) is 0 Å². The van der Waals surface area contributed by atoms with Gasteiger partial charge >= 0.3 is 0 Å². The van der Waals surface area contributed by atoms with E-state index < -0.39 is 0 Å². The molecular formula is C13H12N2O. The summed E-state index contributed by atoms with van der Waals surface area (Å²) < 4.78 is 7.49. The van der Waals surface area contributed by atoms with Crippen LogP contribution in [0.25, 0.3) is 22.4 Å². The van der Waals surface area contributed by atoms with Crippen molar-refractivity contribution in [3.8, 4) is 11.3 Å². The molecule has 3 heteroatoms. The summed E-state index contributed by atoms with van der Waals surface area (Å²) in [4.78, 5) is 4.38. The van der Waals surface area contributed by atoms with E-state index >= 15 is 0 Å². The summed E-state index contributed by atoms with van der Waals surface area (Å²) in [5, 5.41) is 0. The number of nitrogens with zero attached hydrogens (tertiary/aromatic N) is 2. The summed E-state index contributed by atoms with van der Waals surface area (Å²) in [6.45, 7) is 3.05. The van der Waals surface area contributed by atoms with Crippen LogP contribution >= 0.6 is 0 Å². The minimum Gasteiger partial charge on any atom is -0.464 e. The highest BCUT2D eigenvalue weighted by molar-refractivity contribution is 5.80. The Morgan fingerprint density at radius 1 is 1.31 bits per heavy atom. The van der Waals surface area contributed by atoms with Crippen LogP contribution < -0.4 is 0 Å². The summed E-state index contributed by atoms with van der Waals surface area (Å²) in [6, 6.07) is 10.1. The van der Waals surface area contributed by atoms with E-state index in [2.05, 4.69) is 34.7 Å². The molecule has 0 amide bonds. The van der Waals surface area contributed by atoms with Gasteiger partial charge in [0.1, 0.15) is 5.76 Å². The van der Waals surface area contributed by atoms with Crippen molar-refractivity contribution in [3.05, 3.63) is 42.9 Å². The van der Waals surface area contributed by atoms with Gasteiger partial charge in [0.2, 0.25) is 0 Å². The Bertz CT molecular complexity index is 608. The van der Waals surface area contributed by atoms with Crippen molar-refractivity contribution in [2.45, 2.75) is 13.5 Å². The van der Waals surface area contributed by atoms with E-state index in [0.717, 1.165) is 28.9 Å². The molecule has 0 saturated carbocycles. The molecule has 0 unspecified atom stereocenters. The first-order valence-electron chi connectivity index (χ1n) is 5.37. The quantitative estimate of drug-likeness (QED) is 0.652. The van der Waals surface area contributed by atoms with Gasteiger partial charge in [-0.15, -0.1) is 0 Å². The first-order valence-corrected chi connectivity index (χ1v) is 5.37. The van der Waals surface area contributed by atoms with Crippen LogP contribution in [0.4, 0.5) is 0 Å². The lowest BCUT2D eigenvalue weighted by Crippen LogP contribution is -1.90. The molecule has 16 heavy (non-hydrogen) atoms. The number of hydrogen-bond acceptors (Lipinski definition) is 2. The van der Waals surface area contributed by atoms with Gasteiger partial charge in [0.15, 0.2) is 0 Å². The Balaban J connectivity index is 2.17. The lowest BCUT2D eigenvalue weighted by atomic mass is 10.1. The molecular weight excluding hydrogens is 200 g/mol. The Morgan fingerprint density at radius 3 is 3.00 bits per heavy atom. The Kier molecular flexibility index (Phi) is 2.03. The van der Waals surface area contributed by atoms with Crippen molar-refractivity contribution in [2.75, 3.05) is 0 Å². The number of hydrogen-bond donors (Lipinski definition) is 0. The number of benzene rings is 1. The molecule has 0 aliphatic rings. The highest BCUT2D eigenvalue weighted by Crippen LogP contribution is 2.23. The lowest BCUT2D eigenvalue weighted by Gasteiger charge is -2.00. The third-order valence-corrected chi connectivity index (χ3v) is 2.77. The molecule has 0 saturated heterocycles. The van der Waals surface area contributed by atoms with E-state index in [1.54, 1.807) is 6.26 Å². The predicted octanol–water partition coefficient (Wildman–Crippen LogP) is 3.32. The molecule has 0 atom stereocenters. The van der Waals surface area contributed by atoms with Gasteiger partial charge in [-0.1, -0.05) is 0 Å². The summed E-state index contributed by atoms with van der Waals surface area (Å²) in [5.41, 5.74) is 3.24. The van der Waals surface area contributed by atoms with Crippen LogP contribution in [0.2, 0.25) is 0 Å². The largest absolute Gasteiger partial charge is 0.464 e. The molecule has 0 aliphatic carbocycles. The molecule has 0 N–H and O–H groups in total. The number of rotatable bonds is 2. The summed E-state index contributed by atoms with van der Waals surface area (Å²) in [5.74, 6) is 0.882. The zero-order valence-electron chi connectivity index (χ0n) is 9.05. The van der Waals surface area contributed by atoms with Gasteiger partial charge in [-0.25, -0.2) is 4.98 Å². The fraction of sp³-hybridized carbons (Fsp3) is 0.154. The Labute approximate surface area is 93.3 Å². The number of fused-ring (bicyclic) bond motifs is 1. The molecule has 0 aliphatic heterocycles. The summed E-state index contributed by atoms with van der Waals surface area (Å²) >= 11 is 0. The van der Waals surface area contributed by atoms with E-state index in [1.165, 1.54) is 0 Å². The van der Waals surface area contributed by atoms with Gasteiger partial charge < -0.3 is 8.98 Å². The number of imidazole rings is 1. The number of furan rings is 1. The second kappa shape index (κ2) is 3.52. The molecule has 2 aromatic heterocycles. The molecule has 0 fully saturated rings. The lowest BCUT2D eigenvalue weighted by molar-refractivity contribution is 0.582. The van der Waals surface area contributed by atoms with Gasteiger partial charge in [0, 0.05) is 12.1 Å². The molecule has 3 rings (SSSR count). The highest BCUT2D eigenvalue weighted by Gasteiger charge is 2.05. The van der Waals surface area contributed by atoms with E-state index in [9.17, 15) is 0 Å². The normalized spacial score (nSPS) is 11.1. The number of aryl methyl sites for hydroxylation is 1. The highest BCUT2D eigenvalue weighted by atomic mass is 16.3. The van der Waals surface area contributed by atoms with Crippen molar-refractivity contribution < 1.29 is 4.42 Å². The minimum atomic E-state index is 0.882. The van der Waals surface area contributed by atoms with E-state index in [1.807, 2.05) is 18.5 Å². The van der Waals surface area contributed by atoms with Gasteiger partial charge in [-0.3, -0.25) is 0 Å². The minimum absolute atomic E-state index is 0.882. The smallest absolute Gasteiger partial charge is 0.133 e. The van der Waals surface area contributed by atoms with Crippen molar-refractivity contribution in [1.29, 1.82) is 0 Å². The second-order valence-corrected chi connectivity index (χ2v) is 3.71. The van der Waals surface area contributed by atoms with Gasteiger partial charge in [-0.2, -0.15) is 0 Å².